The largest absolute Gasteiger partial charge is 0.243 e. The predicted octanol–water partition coefficient (Wildman–Crippen LogP) is 1.76. The molecule has 0 aromatic rings. The molecule has 0 radical (unpaired) electrons. The van der Waals surface area contributed by atoms with Crippen LogP contribution >= 0.6 is 22.3 Å². The second-order valence-corrected chi connectivity index (χ2v) is 3.97. The van der Waals surface area contributed by atoms with Crippen LogP contribution in [-0.4, -0.2) is 15.8 Å². The first kappa shape index (κ1) is 8.73. The Kier molecular flexibility index (Phi) is 5.01. The summed E-state index contributed by atoms with van der Waals surface area (Å²) >= 11 is 5.40. The standard InChI is InChI=1S/C4H8Cl2OS/c1-4(2-5)3-8(6)7/h4H,2-3H2,1H3. The van der Waals surface area contributed by atoms with Crippen LogP contribution in [0.25, 0.3) is 0 Å². The lowest BCUT2D eigenvalue weighted by Crippen LogP contribution is -2.04. The molecule has 0 saturated heterocycles. The van der Waals surface area contributed by atoms with Gasteiger partial charge in [-0.2, -0.15) is 0 Å². The lowest BCUT2D eigenvalue weighted by Gasteiger charge is -1.99. The third-order valence-electron chi connectivity index (χ3n) is 0.679. The summed E-state index contributed by atoms with van der Waals surface area (Å²) in [4.78, 5) is 0. The number of alkyl halides is 1. The molecule has 1 nitrogen and oxygen atoms in total. The minimum absolute atomic E-state index is 0.259. The van der Waals surface area contributed by atoms with Gasteiger partial charge in [-0.25, -0.2) is 4.21 Å². The molecule has 0 spiro atoms. The quantitative estimate of drug-likeness (QED) is 0.471. The normalized spacial score (nSPS) is 17.9. The zero-order valence-electron chi connectivity index (χ0n) is 4.56. The van der Waals surface area contributed by atoms with Gasteiger partial charge in [-0.05, 0) is 16.6 Å². The molecule has 0 aliphatic carbocycles. The maximum Gasteiger partial charge on any atom is 0.115 e. The first-order valence-electron chi connectivity index (χ1n) is 2.27. The summed E-state index contributed by atoms with van der Waals surface area (Å²) in [5, 5.41) is 0. The van der Waals surface area contributed by atoms with Crippen LogP contribution in [0.4, 0.5) is 0 Å². The summed E-state index contributed by atoms with van der Waals surface area (Å²) in [5.41, 5.74) is 0. The fourth-order valence-electron chi connectivity index (χ4n) is 0.268. The van der Waals surface area contributed by atoms with E-state index in [1.807, 2.05) is 6.92 Å². The van der Waals surface area contributed by atoms with Gasteiger partial charge in [0.25, 0.3) is 0 Å². The van der Waals surface area contributed by atoms with E-state index in [1.54, 1.807) is 0 Å². The number of hydrogen-bond acceptors (Lipinski definition) is 1. The molecular formula is C4H8Cl2OS. The van der Waals surface area contributed by atoms with Crippen LogP contribution in [0.2, 0.25) is 0 Å². The van der Waals surface area contributed by atoms with Crippen molar-refractivity contribution in [2.75, 3.05) is 11.6 Å². The van der Waals surface area contributed by atoms with Gasteiger partial charge < -0.3 is 0 Å². The first-order chi connectivity index (χ1) is 3.66. The molecule has 0 aliphatic rings. The Hall–Kier alpha value is 0.730. The van der Waals surface area contributed by atoms with Crippen LogP contribution < -0.4 is 0 Å². The highest BCUT2D eigenvalue weighted by Gasteiger charge is 2.02. The molecule has 0 amide bonds. The molecule has 0 bridgehead atoms. The van der Waals surface area contributed by atoms with Crippen molar-refractivity contribution in [3.63, 3.8) is 0 Å². The van der Waals surface area contributed by atoms with E-state index in [2.05, 4.69) is 0 Å². The van der Waals surface area contributed by atoms with Crippen molar-refractivity contribution in [1.82, 2.24) is 0 Å². The Morgan fingerprint density at radius 3 is 2.38 bits per heavy atom. The zero-order valence-corrected chi connectivity index (χ0v) is 6.89. The summed E-state index contributed by atoms with van der Waals surface area (Å²) in [7, 11) is 3.96. The Morgan fingerprint density at radius 1 is 1.75 bits per heavy atom. The van der Waals surface area contributed by atoms with Gasteiger partial charge in [0, 0.05) is 11.6 Å². The highest BCUT2D eigenvalue weighted by molar-refractivity contribution is 8.08. The maximum atomic E-state index is 10.2. The summed E-state index contributed by atoms with van der Waals surface area (Å²) in [6.07, 6.45) is 0. The SMILES string of the molecule is CC(CCl)CS(=O)Cl. The van der Waals surface area contributed by atoms with E-state index < -0.39 is 10.0 Å². The van der Waals surface area contributed by atoms with Crippen molar-refractivity contribution >= 4 is 32.3 Å². The minimum atomic E-state index is -1.21. The molecule has 0 aromatic carbocycles. The molecule has 8 heavy (non-hydrogen) atoms. The Labute approximate surface area is 61.3 Å². The fourth-order valence-corrected chi connectivity index (χ4v) is 1.72. The first-order valence-corrected chi connectivity index (χ1v) is 4.95. The summed E-state index contributed by atoms with van der Waals surface area (Å²) in [6.45, 7) is 1.91. The molecule has 0 heterocycles. The molecule has 0 rings (SSSR count). The van der Waals surface area contributed by atoms with Crippen molar-refractivity contribution in [3.8, 4) is 0 Å². The molecule has 0 N–H and O–H groups in total. The van der Waals surface area contributed by atoms with E-state index in [-0.39, 0.29) is 5.92 Å². The van der Waals surface area contributed by atoms with Crippen LogP contribution in [0.15, 0.2) is 0 Å². The highest BCUT2D eigenvalue weighted by atomic mass is 35.7. The van der Waals surface area contributed by atoms with Crippen LogP contribution in [0.5, 0.6) is 0 Å². The number of halogens is 2. The van der Waals surface area contributed by atoms with Crippen molar-refractivity contribution in [2.24, 2.45) is 5.92 Å². The molecule has 0 aliphatic heterocycles. The van der Waals surface area contributed by atoms with E-state index in [0.717, 1.165) is 0 Å². The maximum absolute atomic E-state index is 10.2. The van der Waals surface area contributed by atoms with Crippen molar-refractivity contribution in [3.05, 3.63) is 0 Å². The third kappa shape index (κ3) is 4.88. The fraction of sp³-hybridized carbons (Fsp3) is 1.00. The molecular weight excluding hydrogens is 167 g/mol. The van der Waals surface area contributed by atoms with Crippen LogP contribution in [-0.2, 0) is 10.0 Å². The molecule has 0 fully saturated rings. The van der Waals surface area contributed by atoms with Crippen molar-refractivity contribution in [2.45, 2.75) is 6.92 Å². The van der Waals surface area contributed by atoms with E-state index in [4.69, 9.17) is 22.3 Å². The number of rotatable bonds is 3. The second-order valence-electron chi connectivity index (χ2n) is 1.72. The summed E-state index contributed by atoms with van der Waals surface area (Å²) in [6, 6.07) is 0. The molecule has 0 saturated carbocycles. The molecule has 50 valence electrons. The molecule has 0 aromatic heterocycles. The average molecular weight is 175 g/mol. The van der Waals surface area contributed by atoms with Crippen molar-refractivity contribution < 1.29 is 4.21 Å². The van der Waals surface area contributed by atoms with Crippen LogP contribution in [0, 0.1) is 5.92 Å². The summed E-state index contributed by atoms with van der Waals surface area (Å²) < 4.78 is 10.2. The van der Waals surface area contributed by atoms with Gasteiger partial charge in [0.2, 0.25) is 0 Å². The van der Waals surface area contributed by atoms with Gasteiger partial charge in [-0.3, -0.25) is 0 Å². The smallest absolute Gasteiger partial charge is 0.115 e. The van der Waals surface area contributed by atoms with E-state index in [1.165, 1.54) is 0 Å². The van der Waals surface area contributed by atoms with Gasteiger partial charge in [0.1, 0.15) is 10.0 Å². The topological polar surface area (TPSA) is 17.1 Å². The highest BCUT2D eigenvalue weighted by Crippen LogP contribution is 2.02. The predicted molar refractivity (Wildman–Crippen MR) is 38.7 cm³/mol. The monoisotopic (exact) mass is 174 g/mol. The molecule has 4 heteroatoms. The Balaban J connectivity index is 3.24. The van der Waals surface area contributed by atoms with Gasteiger partial charge >= 0.3 is 0 Å². The second kappa shape index (κ2) is 4.59. The van der Waals surface area contributed by atoms with Gasteiger partial charge in [-0.1, -0.05) is 6.92 Å². The lowest BCUT2D eigenvalue weighted by atomic mass is 10.3. The van der Waals surface area contributed by atoms with Gasteiger partial charge in [0.15, 0.2) is 0 Å². The molecule has 2 unspecified atom stereocenters. The van der Waals surface area contributed by atoms with Gasteiger partial charge in [0.05, 0.1) is 0 Å². The van der Waals surface area contributed by atoms with Gasteiger partial charge in [-0.15, -0.1) is 11.6 Å². The Bertz CT molecular complexity index is 86.1. The van der Waals surface area contributed by atoms with Crippen LogP contribution in [0.1, 0.15) is 6.92 Å². The minimum Gasteiger partial charge on any atom is -0.243 e. The summed E-state index contributed by atoms with van der Waals surface area (Å²) in [5.74, 6) is 1.28. The number of hydrogen-bond donors (Lipinski definition) is 0. The van der Waals surface area contributed by atoms with E-state index in [0.29, 0.717) is 11.6 Å². The van der Waals surface area contributed by atoms with Crippen molar-refractivity contribution in [1.29, 1.82) is 0 Å². The van der Waals surface area contributed by atoms with Crippen LogP contribution in [0.3, 0.4) is 0 Å². The lowest BCUT2D eigenvalue weighted by molar-refractivity contribution is 0.675. The average Bonchev–Trinajstić information content (AvgIpc) is 1.65. The zero-order chi connectivity index (χ0) is 6.57. The Morgan fingerprint density at radius 2 is 2.25 bits per heavy atom. The molecule has 2 atom stereocenters. The van der Waals surface area contributed by atoms with E-state index in [9.17, 15) is 4.21 Å². The van der Waals surface area contributed by atoms with E-state index >= 15 is 0 Å². The third-order valence-corrected chi connectivity index (χ3v) is 2.41.